The van der Waals surface area contributed by atoms with Gasteiger partial charge in [0.25, 0.3) is 0 Å². The van der Waals surface area contributed by atoms with Crippen LogP contribution >= 0.6 is 28.1 Å². The molecular formula is C15H12BrFN2OS. The second-order valence-corrected chi connectivity index (χ2v) is 5.77. The number of aromatic nitrogens is 2. The predicted octanol–water partition coefficient (Wildman–Crippen LogP) is 4.68. The molecule has 0 bridgehead atoms. The highest BCUT2D eigenvalue weighted by molar-refractivity contribution is 9.10. The molecule has 0 saturated carbocycles. The van der Waals surface area contributed by atoms with Gasteiger partial charge in [-0.15, -0.1) is 0 Å². The summed E-state index contributed by atoms with van der Waals surface area (Å²) in [7, 11) is 0. The zero-order valence-electron chi connectivity index (χ0n) is 11.0. The highest BCUT2D eigenvalue weighted by Crippen LogP contribution is 2.23. The van der Waals surface area contributed by atoms with Crippen molar-refractivity contribution in [2.75, 3.05) is 6.61 Å². The van der Waals surface area contributed by atoms with Gasteiger partial charge in [0, 0.05) is 6.07 Å². The van der Waals surface area contributed by atoms with E-state index in [1.165, 1.54) is 6.07 Å². The number of imidazole rings is 1. The average molecular weight is 367 g/mol. The quantitative estimate of drug-likeness (QED) is 0.679. The van der Waals surface area contributed by atoms with Gasteiger partial charge < -0.3 is 14.3 Å². The molecule has 0 fully saturated rings. The highest BCUT2D eigenvalue weighted by atomic mass is 79.9. The van der Waals surface area contributed by atoms with Gasteiger partial charge in [-0.1, -0.05) is 18.2 Å². The molecule has 0 amide bonds. The molecule has 0 aliphatic rings. The van der Waals surface area contributed by atoms with E-state index in [-0.39, 0.29) is 5.82 Å². The fourth-order valence-electron chi connectivity index (χ4n) is 2.15. The molecule has 108 valence electrons. The molecule has 3 nitrogen and oxygen atoms in total. The molecule has 6 heteroatoms. The third-order valence-corrected chi connectivity index (χ3v) is 4.07. The first kappa shape index (κ1) is 14.3. The lowest BCUT2D eigenvalue weighted by Crippen LogP contribution is -2.08. The number of nitrogens with one attached hydrogen (secondary N) is 1. The minimum atomic E-state index is -0.313. The van der Waals surface area contributed by atoms with E-state index in [1.807, 2.05) is 34.9 Å². The van der Waals surface area contributed by atoms with Crippen LogP contribution in [0, 0.1) is 10.6 Å². The molecule has 0 unspecified atom stereocenters. The van der Waals surface area contributed by atoms with Crippen LogP contribution in [0.15, 0.2) is 46.9 Å². The largest absolute Gasteiger partial charge is 0.492 e. The lowest BCUT2D eigenvalue weighted by Gasteiger charge is -2.08. The molecule has 0 aliphatic carbocycles. The smallest absolute Gasteiger partial charge is 0.178 e. The first-order chi connectivity index (χ1) is 10.1. The van der Waals surface area contributed by atoms with Crippen LogP contribution in [-0.2, 0) is 6.54 Å². The number of nitrogens with zero attached hydrogens (tertiary/aromatic N) is 1. The van der Waals surface area contributed by atoms with Crippen LogP contribution in [-0.4, -0.2) is 16.2 Å². The Morgan fingerprint density at radius 1 is 1.24 bits per heavy atom. The second kappa shape index (κ2) is 5.99. The van der Waals surface area contributed by atoms with Crippen molar-refractivity contribution in [2.24, 2.45) is 0 Å². The number of aromatic amines is 1. The van der Waals surface area contributed by atoms with Crippen molar-refractivity contribution in [3.8, 4) is 5.75 Å². The van der Waals surface area contributed by atoms with E-state index in [9.17, 15) is 4.39 Å². The zero-order valence-corrected chi connectivity index (χ0v) is 13.4. The molecule has 0 atom stereocenters. The monoisotopic (exact) mass is 366 g/mol. The van der Waals surface area contributed by atoms with Gasteiger partial charge in [0.2, 0.25) is 0 Å². The third kappa shape index (κ3) is 3.01. The fourth-order valence-corrected chi connectivity index (χ4v) is 2.78. The maximum Gasteiger partial charge on any atom is 0.178 e. The zero-order chi connectivity index (χ0) is 14.8. The molecule has 21 heavy (non-hydrogen) atoms. The topological polar surface area (TPSA) is 29.9 Å². The normalized spacial score (nSPS) is 11.0. The minimum Gasteiger partial charge on any atom is -0.492 e. The Labute approximate surface area is 134 Å². The van der Waals surface area contributed by atoms with E-state index in [0.717, 1.165) is 11.3 Å². The van der Waals surface area contributed by atoms with Crippen molar-refractivity contribution in [3.63, 3.8) is 0 Å². The van der Waals surface area contributed by atoms with Crippen molar-refractivity contribution in [1.29, 1.82) is 0 Å². The van der Waals surface area contributed by atoms with Crippen LogP contribution in [0.5, 0.6) is 5.75 Å². The lowest BCUT2D eigenvalue weighted by molar-refractivity contribution is 0.299. The molecule has 0 saturated heterocycles. The van der Waals surface area contributed by atoms with E-state index >= 15 is 0 Å². The molecule has 0 aliphatic heterocycles. The first-order valence-electron chi connectivity index (χ1n) is 6.40. The molecular weight excluding hydrogens is 355 g/mol. The summed E-state index contributed by atoms with van der Waals surface area (Å²) in [5.41, 5.74) is 1.53. The van der Waals surface area contributed by atoms with Gasteiger partial charge in [-0.3, -0.25) is 0 Å². The Morgan fingerprint density at radius 3 is 2.76 bits per heavy atom. The number of hydrogen-bond acceptors (Lipinski definition) is 2. The van der Waals surface area contributed by atoms with E-state index in [4.69, 9.17) is 17.0 Å². The van der Waals surface area contributed by atoms with Crippen LogP contribution in [0.25, 0.3) is 11.0 Å². The number of ether oxygens (including phenoxy) is 1. The predicted molar refractivity (Wildman–Crippen MR) is 86.7 cm³/mol. The second-order valence-electron chi connectivity index (χ2n) is 4.53. The third-order valence-electron chi connectivity index (χ3n) is 3.14. The lowest BCUT2D eigenvalue weighted by atomic mass is 10.3. The summed E-state index contributed by atoms with van der Waals surface area (Å²) in [6, 6.07) is 12.7. The van der Waals surface area contributed by atoms with Crippen molar-refractivity contribution < 1.29 is 9.13 Å². The molecule has 1 aromatic heterocycles. The van der Waals surface area contributed by atoms with E-state index < -0.39 is 0 Å². The molecule has 0 radical (unpaired) electrons. The Morgan fingerprint density at radius 2 is 2.00 bits per heavy atom. The summed E-state index contributed by atoms with van der Waals surface area (Å²) in [4.78, 5) is 3.01. The summed E-state index contributed by atoms with van der Waals surface area (Å²) in [5.74, 6) is 0.502. The summed E-state index contributed by atoms with van der Waals surface area (Å²) in [5, 5.41) is 0. The Balaban J connectivity index is 1.82. The average Bonchev–Trinajstić information content (AvgIpc) is 2.76. The molecule has 3 rings (SSSR count). The van der Waals surface area contributed by atoms with E-state index in [0.29, 0.717) is 27.9 Å². The maximum atomic E-state index is 13.5. The fraction of sp³-hybridized carbons (Fsp3) is 0.133. The molecule has 3 aromatic rings. The van der Waals surface area contributed by atoms with Crippen molar-refractivity contribution in [1.82, 2.24) is 9.55 Å². The van der Waals surface area contributed by atoms with Gasteiger partial charge >= 0.3 is 0 Å². The summed E-state index contributed by atoms with van der Waals surface area (Å²) in [6.45, 7) is 1.08. The van der Waals surface area contributed by atoms with Gasteiger partial charge in [0.1, 0.15) is 18.2 Å². The maximum absolute atomic E-state index is 13.5. The number of rotatable bonds is 4. The Kier molecular flexibility index (Phi) is 4.07. The van der Waals surface area contributed by atoms with E-state index in [2.05, 4.69) is 20.9 Å². The number of hydrogen-bond donors (Lipinski definition) is 1. The minimum absolute atomic E-state index is 0.313. The Hall–Kier alpha value is -1.66. The van der Waals surface area contributed by atoms with Gasteiger partial charge in [0.05, 0.1) is 22.1 Å². The molecule has 0 spiro atoms. The van der Waals surface area contributed by atoms with Crippen LogP contribution in [0.2, 0.25) is 0 Å². The summed E-state index contributed by atoms with van der Waals surface area (Å²) >= 11 is 8.48. The van der Waals surface area contributed by atoms with Crippen LogP contribution in [0.1, 0.15) is 0 Å². The standard InChI is InChI=1S/C15H12BrFN2OS/c16-11-8-14-13(9-12(11)17)18-15(21)19(14)6-7-20-10-4-2-1-3-5-10/h1-5,8-9H,6-7H2,(H,18,21). The summed E-state index contributed by atoms with van der Waals surface area (Å²) < 4.78 is 22.1. The van der Waals surface area contributed by atoms with E-state index in [1.54, 1.807) is 6.07 Å². The van der Waals surface area contributed by atoms with Gasteiger partial charge in [0.15, 0.2) is 4.77 Å². The number of halogens is 2. The van der Waals surface area contributed by atoms with Gasteiger partial charge in [-0.2, -0.15) is 0 Å². The van der Waals surface area contributed by atoms with Crippen molar-refractivity contribution in [3.05, 3.63) is 57.5 Å². The SMILES string of the molecule is Fc1cc2[nH]c(=S)n(CCOc3ccccc3)c2cc1Br. The number of para-hydroxylation sites is 1. The van der Waals surface area contributed by atoms with Crippen LogP contribution < -0.4 is 4.74 Å². The number of benzene rings is 2. The first-order valence-corrected chi connectivity index (χ1v) is 7.60. The van der Waals surface area contributed by atoms with Gasteiger partial charge in [-0.25, -0.2) is 4.39 Å². The van der Waals surface area contributed by atoms with Gasteiger partial charge in [-0.05, 0) is 46.3 Å². The summed E-state index contributed by atoms with van der Waals surface area (Å²) in [6.07, 6.45) is 0. The Bertz CT molecular complexity index is 829. The molecule has 1 N–H and O–H groups in total. The van der Waals surface area contributed by atoms with Crippen LogP contribution in [0.3, 0.4) is 0 Å². The molecule has 2 aromatic carbocycles. The van der Waals surface area contributed by atoms with Crippen LogP contribution in [0.4, 0.5) is 4.39 Å². The highest BCUT2D eigenvalue weighted by Gasteiger charge is 2.08. The van der Waals surface area contributed by atoms with Crippen molar-refractivity contribution >= 4 is 39.2 Å². The number of fused-ring (bicyclic) bond motifs is 1. The molecule has 1 heterocycles. The van der Waals surface area contributed by atoms with Crippen molar-refractivity contribution in [2.45, 2.75) is 6.54 Å². The number of H-pyrrole nitrogens is 1.